The molecule has 1 aliphatic heterocycles. The minimum atomic E-state index is 0.457. The van der Waals surface area contributed by atoms with Crippen molar-refractivity contribution in [2.75, 3.05) is 19.7 Å². The van der Waals surface area contributed by atoms with Crippen LogP contribution < -0.4 is 5.32 Å². The quantitative estimate of drug-likeness (QED) is 0.833. The van der Waals surface area contributed by atoms with E-state index in [-0.39, 0.29) is 0 Å². The van der Waals surface area contributed by atoms with E-state index in [2.05, 4.69) is 43.1 Å². The second-order valence-corrected chi connectivity index (χ2v) is 5.83. The van der Waals surface area contributed by atoms with Crippen LogP contribution in [-0.4, -0.2) is 36.7 Å². The number of rotatable bonds is 7. The molecule has 1 aromatic rings. The van der Waals surface area contributed by atoms with Gasteiger partial charge in [-0.1, -0.05) is 13.8 Å². The molecule has 4 heteroatoms. The van der Waals surface area contributed by atoms with E-state index < -0.39 is 0 Å². The highest BCUT2D eigenvalue weighted by atomic mass is 16.5. The molecule has 4 nitrogen and oxygen atoms in total. The van der Waals surface area contributed by atoms with Crippen LogP contribution in [0.2, 0.25) is 0 Å². The number of nitrogens with zero attached hydrogens (tertiary/aromatic N) is 1. The molecule has 2 rings (SSSR count). The Hall–Kier alpha value is -0.840. The standard InChI is InChI=1S/C16H28N2O2/c1-4-19-14-7-9-18(10-8-14)12-16-6-5-15(20-16)11-17-13(2)3/h5-6,13-14,17H,4,7-12H2,1-3H3. The third-order valence-electron chi connectivity index (χ3n) is 3.72. The van der Waals surface area contributed by atoms with Crippen LogP contribution in [0.1, 0.15) is 45.1 Å². The van der Waals surface area contributed by atoms with E-state index >= 15 is 0 Å². The average Bonchev–Trinajstić information content (AvgIpc) is 2.87. The molecule has 0 amide bonds. The van der Waals surface area contributed by atoms with Gasteiger partial charge in [-0.3, -0.25) is 4.90 Å². The van der Waals surface area contributed by atoms with E-state index in [0.29, 0.717) is 12.1 Å². The van der Waals surface area contributed by atoms with Crippen LogP contribution in [0.3, 0.4) is 0 Å². The van der Waals surface area contributed by atoms with Crippen molar-refractivity contribution in [3.05, 3.63) is 23.7 Å². The third-order valence-corrected chi connectivity index (χ3v) is 3.72. The summed E-state index contributed by atoms with van der Waals surface area (Å²) < 4.78 is 11.6. The van der Waals surface area contributed by atoms with E-state index in [4.69, 9.17) is 9.15 Å². The van der Waals surface area contributed by atoms with Gasteiger partial charge in [-0.15, -0.1) is 0 Å². The lowest BCUT2D eigenvalue weighted by Crippen LogP contribution is -2.36. The molecule has 1 fully saturated rings. The largest absolute Gasteiger partial charge is 0.463 e. The maximum atomic E-state index is 5.88. The molecule has 0 unspecified atom stereocenters. The molecule has 1 aromatic heterocycles. The molecule has 1 aliphatic rings. The summed E-state index contributed by atoms with van der Waals surface area (Å²) in [6.45, 7) is 11.1. The van der Waals surface area contributed by atoms with Crippen LogP contribution in [0, 0.1) is 0 Å². The molecule has 2 heterocycles. The van der Waals surface area contributed by atoms with Gasteiger partial charge in [0.05, 0.1) is 19.2 Å². The van der Waals surface area contributed by atoms with E-state index in [1.165, 1.54) is 0 Å². The molecular weight excluding hydrogens is 252 g/mol. The summed E-state index contributed by atoms with van der Waals surface area (Å²) in [6.07, 6.45) is 2.73. The number of piperidine rings is 1. The summed E-state index contributed by atoms with van der Waals surface area (Å²) in [5.74, 6) is 2.10. The first-order valence-electron chi connectivity index (χ1n) is 7.82. The fraction of sp³-hybridized carbons (Fsp3) is 0.750. The van der Waals surface area contributed by atoms with Crippen molar-refractivity contribution in [1.82, 2.24) is 10.2 Å². The van der Waals surface area contributed by atoms with Crippen LogP contribution in [0.5, 0.6) is 0 Å². The van der Waals surface area contributed by atoms with Gasteiger partial charge in [-0.2, -0.15) is 0 Å². The summed E-state index contributed by atoms with van der Waals surface area (Å²) in [6, 6.07) is 4.67. The lowest BCUT2D eigenvalue weighted by molar-refractivity contribution is 0.0111. The summed E-state index contributed by atoms with van der Waals surface area (Å²) in [5, 5.41) is 3.37. The monoisotopic (exact) mass is 280 g/mol. The molecular formula is C16H28N2O2. The molecule has 0 aromatic carbocycles. The van der Waals surface area contributed by atoms with Gasteiger partial charge in [-0.25, -0.2) is 0 Å². The molecule has 1 N–H and O–H groups in total. The minimum Gasteiger partial charge on any atom is -0.463 e. The van der Waals surface area contributed by atoms with Crippen LogP contribution in [-0.2, 0) is 17.8 Å². The first-order valence-corrected chi connectivity index (χ1v) is 7.82. The summed E-state index contributed by atoms with van der Waals surface area (Å²) in [7, 11) is 0. The van der Waals surface area contributed by atoms with Gasteiger partial charge in [0.1, 0.15) is 11.5 Å². The van der Waals surface area contributed by atoms with Crippen molar-refractivity contribution in [3.63, 3.8) is 0 Å². The van der Waals surface area contributed by atoms with Crippen LogP contribution in [0.4, 0.5) is 0 Å². The van der Waals surface area contributed by atoms with E-state index in [1.54, 1.807) is 0 Å². The Bertz CT molecular complexity index is 382. The lowest BCUT2D eigenvalue weighted by Gasteiger charge is -2.31. The molecule has 114 valence electrons. The van der Waals surface area contributed by atoms with E-state index in [9.17, 15) is 0 Å². The van der Waals surface area contributed by atoms with Gasteiger partial charge in [0.15, 0.2) is 0 Å². The number of likely N-dealkylation sites (tertiary alicyclic amines) is 1. The number of hydrogen-bond donors (Lipinski definition) is 1. The van der Waals surface area contributed by atoms with Crippen molar-refractivity contribution in [3.8, 4) is 0 Å². The zero-order valence-corrected chi connectivity index (χ0v) is 13.0. The Morgan fingerprint density at radius 1 is 1.30 bits per heavy atom. The van der Waals surface area contributed by atoms with Gasteiger partial charge >= 0.3 is 0 Å². The third kappa shape index (κ3) is 4.93. The van der Waals surface area contributed by atoms with Gasteiger partial charge in [0, 0.05) is 25.7 Å². The lowest BCUT2D eigenvalue weighted by atomic mass is 10.1. The molecule has 0 saturated carbocycles. The Balaban J connectivity index is 1.74. The fourth-order valence-corrected chi connectivity index (χ4v) is 2.60. The molecule has 0 bridgehead atoms. The highest BCUT2D eigenvalue weighted by Gasteiger charge is 2.20. The molecule has 0 radical (unpaired) electrons. The maximum absolute atomic E-state index is 5.88. The van der Waals surface area contributed by atoms with Crippen molar-refractivity contribution in [2.45, 2.75) is 58.8 Å². The van der Waals surface area contributed by atoms with Crippen molar-refractivity contribution in [1.29, 1.82) is 0 Å². The summed E-state index contributed by atoms with van der Waals surface area (Å²) in [5.41, 5.74) is 0. The Morgan fingerprint density at radius 3 is 2.65 bits per heavy atom. The molecule has 0 spiro atoms. The number of ether oxygens (including phenoxy) is 1. The van der Waals surface area contributed by atoms with Crippen LogP contribution >= 0.6 is 0 Å². The Labute approximate surface area is 122 Å². The molecule has 0 aliphatic carbocycles. The maximum Gasteiger partial charge on any atom is 0.118 e. The first-order chi connectivity index (χ1) is 9.67. The van der Waals surface area contributed by atoms with Crippen LogP contribution in [0.25, 0.3) is 0 Å². The van der Waals surface area contributed by atoms with Crippen molar-refractivity contribution in [2.24, 2.45) is 0 Å². The second-order valence-electron chi connectivity index (χ2n) is 5.83. The predicted molar refractivity (Wildman–Crippen MR) is 80.6 cm³/mol. The summed E-state index contributed by atoms with van der Waals surface area (Å²) >= 11 is 0. The van der Waals surface area contributed by atoms with Crippen molar-refractivity contribution >= 4 is 0 Å². The van der Waals surface area contributed by atoms with Crippen LogP contribution in [0.15, 0.2) is 16.5 Å². The van der Waals surface area contributed by atoms with Gasteiger partial charge in [0.2, 0.25) is 0 Å². The number of nitrogens with one attached hydrogen (secondary N) is 1. The zero-order chi connectivity index (χ0) is 14.4. The SMILES string of the molecule is CCOC1CCN(Cc2ccc(CNC(C)C)o2)CC1. The van der Waals surface area contributed by atoms with Gasteiger partial charge in [0.25, 0.3) is 0 Å². The minimum absolute atomic E-state index is 0.457. The smallest absolute Gasteiger partial charge is 0.118 e. The fourth-order valence-electron chi connectivity index (χ4n) is 2.60. The molecule has 20 heavy (non-hydrogen) atoms. The second kappa shape index (κ2) is 7.81. The molecule has 1 saturated heterocycles. The first kappa shape index (κ1) is 15.5. The van der Waals surface area contributed by atoms with E-state index in [1.807, 2.05) is 0 Å². The van der Waals surface area contributed by atoms with Gasteiger partial charge < -0.3 is 14.5 Å². The topological polar surface area (TPSA) is 37.6 Å². The highest BCUT2D eigenvalue weighted by Crippen LogP contribution is 2.17. The highest BCUT2D eigenvalue weighted by molar-refractivity contribution is 5.07. The van der Waals surface area contributed by atoms with Crippen molar-refractivity contribution < 1.29 is 9.15 Å². The average molecular weight is 280 g/mol. The molecule has 0 atom stereocenters. The summed E-state index contributed by atoms with van der Waals surface area (Å²) in [4.78, 5) is 2.45. The Morgan fingerprint density at radius 2 is 2.00 bits per heavy atom. The van der Waals surface area contributed by atoms with E-state index in [0.717, 1.165) is 57.1 Å². The normalized spacial score (nSPS) is 18.0. The number of furan rings is 1. The number of hydrogen-bond acceptors (Lipinski definition) is 4. The zero-order valence-electron chi connectivity index (χ0n) is 13.0. The van der Waals surface area contributed by atoms with Gasteiger partial charge in [-0.05, 0) is 31.9 Å². The predicted octanol–water partition coefficient (Wildman–Crippen LogP) is 2.78. The Kier molecular flexibility index (Phi) is 6.07.